The Morgan fingerprint density at radius 2 is 1.77 bits per heavy atom. The van der Waals surface area contributed by atoms with Gasteiger partial charge in [0.15, 0.2) is 0 Å². The van der Waals surface area contributed by atoms with E-state index in [0.717, 1.165) is 29.5 Å². The maximum Gasteiger partial charge on any atom is 0.348 e. The van der Waals surface area contributed by atoms with E-state index in [-0.39, 0.29) is 5.91 Å². The van der Waals surface area contributed by atoms with Crippen molar-refractivity contribution in [1.82, 2.24) is 15.0 Å². The standard InChI is InChI=1S/C23H21N5O2/c29-22(26-18-7-2-1-3-8-18)17-12-10-16(11-13-17)6-4-14-24-20-19-9-5-15-25-21(19)28-23(30)27-20/h1-3,5,7-13,15H,4,6,14H2,(H,26,29)(H2,24,25,27,28,30). The molecule has 2 aromatic heterocycles. The molecule has 3 N–H and O–H groups in total. The first kappa shape index (κ1) is 19.3. The molecule has 0 saturated heterocycles. The third-order valence-electron chi connectivity index (χ3n) is 4.68. The normalized spacial score (nSPS) is 10.7. The first-order valence-corrected chi connectivity index (χ1v) is 9.73. The second-order valence-electron chi connectivity index (χ2n) is 6.84. The van der Waals surface area contributed by atoms with Gasteiger partial charge >= 0.3 is 5.69 Å². The highest BCUT2D eigenvalue weighted by atomic mass is 16.1. The monoisotopic (exact) mass is 399 g/mol. The number of benzene rings is 2. The van der Waals surface area contributed by atoms with Gasteiger partial charge in [-0.2, -0.15) is 4.98 Å². The molecule has 0 fully saturated rings. The molecule has 1 amide bonds. The molecule has 30 heavy (non-hydrogen) atoms. The van der Waals surface area contributed by atoms with Crippen molar-refractivity contribution >= 4 is 28.4 Å². The molecule has 0 bridgehead atoms. The van der Waals surface area contributed by atoms with E-state index in [4.69, 9.17) is 0 Å². The number of para-hydroxylation sites is 1. The zero-order valence-corrected chi connectivity index (χ0v) is 16.3. The van der Waals surface area contributed by atoms with Crippen molar-refractivity contribution in [2.75, 3.05) is 17.2 Å². The minimum absolute atomic E-state index is 0.129. The van der Waals surface area contributed by atoms with Gasteiger partial charge in [0.2, 0.25) is 0 Å². The highest BCUT2D eigenvalue weighted by Gasteiger charge is 2.07. The van der Waals surface area contributed by atoms with Crippen LogP contribution in [0.2, 0.25) is 0 Å². The molecule has 4 aromatic rings. The number of amides is 1. The molecule has 0 aliphatic carbocycles. The predicted octanol–water partition coefficient (Wildman–Crippen LogP) is 3.62. The molecular weight excluding hydrogens is 378 g/mol. The zero-order valence-electron chi connectivity index (χ0n) is 16.3. The first-order chi connectivity index (χ1) is 14.7. The molecule has 7 heteroatoms. The van der Waals surface area contributed by atoms with Gasteiger partial charge in [-0.1, -0.05) is 30.3 Å². The number of aryl methyl sites for hydroxylation is 1. The maximum atomic E-state index is 12.3. The summed E-state index contributed by atoms with van der Waals surface area (Å²) in [6.07, 6.45) is 3.32. The van der Waals surface area contributed by atoms with E-state index < -0.39 is 5.69 Å². The molecule has 7 nitrogen and oxygen atoms in total. The van der Waals surface area contributed by atoms with Gasteiger partial charge in [-0.25, -0.2) is 9.78 Å². The second-order valence-corrected chi connectivity index (χ2v) is 6.84. The molecule has 0 radical (unpaired) electrons. The van der Waals surface area contributed by atoms with Crippen molar-refractivity contribution in [2.45, 2.75) is 12.8 Å². The number of carbonyl (C=O) groups excluding carboxylic acids is 1. The van der Waals surface area contributed by atoms with Crippen LogP contribution in [0.1, 0.15) is 22.3 Å². The van der Waals surface area contributed by atoms with Crippen molar-refractivity contribution in [3.8, 4) is 0 Å². The smallest absolute Gasteiger partial charge is 0.348 e. The predicted molar refractivity (Wildman–Crippen MR) is 118 cm³/mol. The summed E-state index contributed by atoms with van der Waals surface area (Å²) in [7, 11) is 0. The quantitative estimate of drug-likeness (QED) is 0.412. The van der Waals surface area contributed by atoms with Gasteiger partial charge < -0.3 is 10.6 Å². The number of carbonyl (C=O) groups is 1. The highest BCUT2D eigenvalue weighted by molar-refractivity contribution is 6.04. The Labute approximate surface area is 173 Å². The number of fused-ring (bicyclic) bond motifs is 1. The number of H-pyrrole nitrogens is 1. The Balaban J connectivity index is 1.31. The number of pyridine rings is 1. The van der Waals surface area contributed by atoms with Crippen molar-refractivity contribution in [1.29, 1.82) is 0 Å². The highest BCUT2D eigenvalue weighted by Crippen LogP contribution is 2.15. The summed E-state index contributed by atoms with van der Waals surface area (Å²) in [4.78, 5) is 34.8. The summed E-state index contributed by atoms with van der Waals surface area (Å²) < 4.78 is 0. The fourth-order valence-corrected chi connectivity index (χ4v) is 3.17. The number of nitrogens with zero attached hydrogens (tertiary/aromatic N) is 2. The minimum atomic E-state index is -0.423. The molecule has 0 atom stereocenters. The lowest BCUT2D eigenvalue weighted by molar-refractivity contribution is 0.102. The van der Waals surface area contributed by atoms with E-state index in [1.807, 2.05) is 66.7 Å². The van der Waals surface area contributed by atoms with Crippen LogP contribution in [0.15, 0.2) is 77.7 Å². The molecule has 2 aromatic carbocycles. The topological polar surface area (TPSA) is 99.8 Å². The van der Waals surface area contributed by atoms with Crippen LogP contribution in [0.5, 0.6) is 0 Å². The third kappa shape index (κ3) is 4.70. The Morgan fingerprint density at radius 1 is 0.967 bits per heavy atom. The molecular formula is C23H21N5O2. The molecule has 0 aliphatic rings. The molecule has 2 heterocycles. The van der Waals surface area contributed by atoms with E-state index in [0.29, 0.717) is 23.6 Å². The third-order valence-corrected chi connectivity index (χ3v) is 4.68. The summed E-state index contributed by atoms with van der Waals surface area (Å²) in [5.41, 5.74) is 2.62. The van der Waals surface area contributed by atoms with Gasteiger partial charge in [0, 0.05) is 24.0 Å². The lowest BCUT2D eigenvalue weighted by Gasteiger charge is -2.08. The lowest BCUT2D eigenvalue weighted by Crippen LogP contribution is -2.15. The van der Waals surface area contributed by atoms with Crippen LogP contribution in [0.4, 0.5) is 11.5 Å². The summed E-state index contributed by atoms with van der Waals surface area (Å²) in [5, 5.41) is 6.88. The van der Waals surface area contributed by atoms with E-state index in [2.05, 4.69) is 25.6 Å². The number of aromatic nitrogens is 3. The van der Waals surface area contributed by atoms with Crippen molar-refractivity contribution in [3.05, 3.63) is 94.5 Å². The lowest BCUT2D eigenvalue weighted by atomic mass is 10.1. The zero-order chi connectivity index (χ0) is 20.8. The SMILES string of the molecule is O=C(Nc1ccccc1)c1ccc(CCCNc2nc(=O)[nH]c3ncccc23)cc1. The molecule has 0 spiro atoms. The average molecular weight is 399 g/mol. The van der Waals surface area contributed by atoms with Crippen molar-refractivity contribution < 1.29 is 4.79 Å². The van der Waals surface area contributed by atoms with Gasteiger partial charge in [0.1, 0.15) is 11.5 Å². The van der Waals surface area contributed by atoms with Crippen LogP contribution < -0.4 is 16.3 Å². The number of anilines is 2. The Bertz CT molecular complexity index is 1200. The van der Waals surface area contributed by atoms with E-state index in [9.17, 15) is 9.59 Å². The van der Waals surface area contributed by atoms with Crippen LogP contribution in [-0.4, -0.2) is 27.4 Å². The summed E-state index contributed by atoms with van der Waals surface area (Å²) in [6.45, 7) is 0.663. The summed E-state index contributed by atoms with van der Waals surface area (Å²) in [6, 6.07) is 20.6. The Hall–Kier alpha value is -4.00. The van der Waals surface area contributed by atoms with E-state index in [1.165, 1.54) is 0 Å². The van der Waals surface area contributed by atoms with Gasteiger partial charge in [0.25, 0.3) is 5.91 Å². The molecule has 4 rings (SSSR count). The minimum Gasteiger partial charge on any atom is -0.369 e. The maximum absolute atomic E-state index is 12.3. The number of rotatable bonds is 7. The van der Waals surface area contributed by atoms with E-state index in [1.54, 1.807) is 6.20 Å². The van der Waals surface area contributed by atoms with Crippen molar-refractivity contribution in [2.24, 2.45) is 0 Å². The van der Waals surface area contributed by atoms with E-state index >= 15 is 0 Å². The summed E-state index contributed by atoms with van der Waals surface area (Å²) >= 11 is 0. The molecule has 150 valence electrons. The van der Waals surface area contributed by atoms with Crippen LogP contribution in [-0.2, 0) is 6.42 Å². The molecule has 0 unspecified atom stereocenters. The van der Waals surface area contributed by atoms with Gasteiger partial charge in [0.05, 0.1) is 5.39 Å². The molecule has 0 aliphatic heterocycles. The number of hydrogen-bond donors (Lipinski definition) is 3. The second kappa shape index (κ2) is 9.00. The van der Waals surface area contributed by atoms with Crippen molar-refractivity contribution in [3.63, 3.8) is 0 Å². The van der Waals surface area contributed by atoms with Crippen LogP contribution >= 0.6 is 0 Å². The Kier molecular flexibility index (Phi) is 5.80. The van der Waals surface area contributed by atoms with Crippen LogP contribution in [0.25, 0.3) is 11.0 Å². The van der Waals surface area contributed by atoms with Gasteiger partial charge in [-0.05, 0) is 54.8 Å². The fourth-order valence-electron chi connectivity index (χ4n) is 3.17. The molecule has 0 saturated carbocycles. The van der Waals surface area contributed by atoms with Gasteiger partial charge in [-0.3, -0.25) is 9.78 Å². The van der Waals surface area contributed by atoms with Crippen LogP contribution in [0, 0.1) is 0 Å². The van der Waals surface area contributed by atoms with Gasteiger partial charge in [-0.15, -0.1) is 0 Å². The Morgan fingerprint density at radius 3 is 2.57 bits per heavy atom. The number of hydrogen-bond acceptors (Lipinski definition) is 5. The first-order valence-electron chi connectivity index (χ1n) is 9.73. The van der Waals surface area contributed by atoms with Crippen LogP contribution in [0.3, 0.4) is 0 Å². The number of nitrogens with one attached hydrogen (secondary N) is 3. The number of aromatic amines is 1. The largest absolute Gasteiger partial charge is 0.369 e. The fraction of sp³-hybridized carbons (Fsp3) is 0.130. The summed E-state index contributed by atoms with van der Waals surface area (Å²) in [5.74, 6) is 0.407. The average Bonchev–Trinajstić information content (AvgIpc) is 2.77.